The van der Waals surface area contributed by atoms with E-state index in [0.717, 1.165) is 11.3 Å². The van der Waals surface area contributed by atoms with E-state index in [2.05, 4.69) is 11.9 Å². The second-order valence-electron chi connectivity index (χ2n) is 3.88. The van der Waals surface area contributed by atoms with Crippen molar-refractivity contribution in [2.45, 2.75) is 20.4 Å². The molecule has 0 spiro atoms. The number of hydrogen-bond donors (Lipinski definition) is 1. The molecule has 0 bridgehead atoms. The number of aryl methyl sites for hydroxylation is 1. The maximum absolute atomic E-state index is 11.5. The highest BCUT2D eigenvalue weighted by Gasteiger charge is 2.04. The zero-order valence-corrected chi connectivity index (χ0v) is 9.83. The number of carbonyl (C=O) groups excluding carboxylic acids is 1. The minimum absolute atomic E-state index is 0.0698. The van der Waals surface area contributed by atoms with Crippen LogP contribution in [0.2, 0.25) is 0 Å². The Morgan fingerprint density at radius 3 is 2.69 bits per heavy atom. The van der Waals surface area contributed by atoms with Gasteiger partial charge in [-0.3, -0.25) is 9.59 Å². The Hall–Kier alpha value is -1.84. The van der Waals surface area contributed by atoms with E-state index in [1.54, 1.807) is 20.0 Å². The second kappa shape index (κ2) is 4.79. The third-order valence-corrected chi connectivity index (χ3v) is 2.32. The zero-order valence-electron chi connectivity index (χ0n) is 9.83. The smallest absolute Gasteiger partial charge is 0.250 e. The van der Waals surface area contributed by atoms with E-state index in [1.807, 2.05) is 13.0 Å². The maximum Gasteiger partial charge on any atom is 0.250 e. The number of hydrogen-bond acceptors (Lipinski definition) is 2. The summed E-state index contributed by atoms with van der Waals surface area (Å²) < 4.78 is 1.52. The van der Waals surface area contributed by atoms with E-state index < -0.39 is 0 Å². The van der Waals surface area contributed by atoms with Crippen LogP contribution in [-0.4, -0.2) is 10.5 Å². The molecule has 0 saturated carbocycles. The van der Waals surface area contributed by atoms with E-state index >= 15 is 0 Å². The van der Waals surface area contributed by atoms with Crippen molar-refractivity contribution in [2.24, 2.45) is 7.05 Å². The van der Waals surface area contributed by atoms with Gasteiger partial charge in [0.25, 0.3) is 5.56 Å². The topological polar surface area (TPSA) is 51.1 Å². The molecule has 0 fully saturated rings. The lowest BCUT2D eigenvalue weighted by Crippen LogP contribution is -2.28. The molecule has 1 aromatic rings. The number of pyridine rings is 1. The van der Waals surface area contributed by atoms with E-state index in [1.165, 1.54) is 4.57 Å². The Bertz CT molecular complexity index is 486. The van der Waals surface area contributed by atoms with Crippen molar-refractivity contribution >= 4 is 5.91 Å². The van der Waals surface area contributed by atoms with Crippen LogP contribution < -0.4 is 10.9 Å². The molecule has 0 aliphatic rings. The van der Waals surface area contributed by atoms with Gasteiger partial charge in [0.2, 0.25) is 5.91 Å². The van der Waals surface area contributed by atoms with E-state index in [4.69, 9.17) is 0 Å². The van der Waals surface area contributed by atoms with Gasteiger partial charge in [0.15, 0.2) is 0 Å². The fourth-order valence-electron chi connectivity index (χ4n) is 1.33. The average Bonchev–Trinajstić information content (AvgIpc) is 2.20. The quantitative estimate of drug-likeness (QED) is 0.769. The van der Waals surface area contributed by atoms with Crippen molar-refractivity contribution in [1.29, 1.82) is 0 Å². The Morgan fingerprint density at radius 1 is 1.50 bits per heavy atom. The molecule has 0 aliphatic heterocycles. The Morgan fingerprint density at radius 2 is 2.12 bits per heavy atom. The highest BCUT2D eigenvalue weighted by atomic mass is 16.1. The molecule has 0 saturated heterocycles. The molecule has 16 heavy (non-hydrogen) atoms. The summed E-state index contributed by atoms with van der Waals surface area (Å²) in [4.78, 5) is 22.8. The second-order valence-corrected chi connectivity index (χ2v) is 3.88. The highest BCUT2D eigenvalue weighted by molar-refractivity contribution is 5.91. The molecule has 0 unspecified atom stereocenters. The minimum atomic E-state index is -0.200. The van der Waals surface area contributed by atoms with Crippen molar-refractivity contribution in [3.63, 3.8) is 0 Å². The number of carbonyl (C=O) groups is 1. The lowest BCUT2D eigenvalue weighted by atomic mass is 10.2. The number of aromatic nitrogens is 1. The minimum Gasteiger partial charge on any atom is -0.347 e. The fraction of sp³-hybridized carbons (Fsp3) is 0.333. The van der Waals surface area contributed by atoms with Crippen molar-refractivity contribution < 1.29 is 4.79 Å². The molecule has 1 amide bonds. The first kappa shape index (κ1) is 12.2. The van der Waals surface area contributed by atoms with Gasteiger partial charge < -0.3 is 9.88 Å². The Labute approximate surface area is 94.6 Å². The number of nitrogens with zero attached hydrogens (tertiary/aromatic N) is 1. The Kier molecular flexibility index (Phi) is 3.66. The normalized spacial score (nSPS) is 9.94. The molecule has 1 heterocycles. The molecule has 1 rings (SSSR count). The summed E-state index contributed by atoms with van der Waals surface area (Å²) in [6.45, 7) is 7.37. The molecule has 0 aromatic carbocycles. The van der Waals surface area contributed by atoms with Gasteiger partial charge in [0, 0.05) is 24.4 Å². The number of rotatable bonds is 3. The fourth-order valence-corrected chi connectivity index (χ4v) is 1.33. The van der Waals surface area contributed by atoms with Gasteiger partial charge in [-0.05, 0) is 25.5 Å². The summed E-state index contributed by atoms with van der Waals surface area (Å²) in [5.41, 5.74) is 2.06. The van der Waals surface area contributed by atoms with Crippen LogP contribution in [0.5, 0.6) is 0 Å². The summed E-state index contributed by atoms with van der Waals surface area (Å²) in [6, 6.07) is 3.43. The van der Waals surface area contributed by atoms with Crippen LogP contribution >= 0.6 is 0 Å². The lowest BCUT2D eigenvalue weighted by molar-refractivity contribution is -0.117. The third-order valence-electron chi connectivity index (χ3n) is 2.32. The van der Waals surface area contributed by atoms with Gasteiger partial charge in [0.1, 0.15) is 0 Å². The Balaban J connectivity index is 2.86. The van der Waals surface area contributed by atoms with Gasteiger partial charge in [-0.15, -0.1) is 0 Å². The van der Waals surface area contributed by atoms with E-state index in [0.29, 0.717) is 12.1 Å². The average molecular weight is 220 g/mol. The molecular weight excluding hydrogens is 204 g/mol. The maximum atomic E-state index is 11.5. The highest BCUT2D eigenvalue weighted by Crippen LogP contribution is 2.00. The standard InChI is InChI=1S/C12H16N2O2/c1-8(2)12(16)13-7-10-5-9(3)6-11(15)14(10)4/h5-6H,1,7H2,2-4H3,(H,13,16). The van der Waals surface area contributed by atoms with Crippen molar-refractivity contribution in [1.82, 2.24) is 9.88 Å². The van der Waals surface area contributed by atoms with Crippen LogP contribution in [0.1, 0.15) is 18.2 Å². The molecule has 0 aliphatic carbocycles. The largest absolute Gasteiger partial charge is 0.347 e. The summed E-state index contributed by atoms with van der Waals surface area (Å²) in [6.07, 6.45) is 0. The predicted octanol–water partition coefficient (Wildman–Crippen LogP) is 0.886. The van der Waals surface area contributed by atoms with E-state index in [9.17, 15) is 9.59 Å². The SMILES string of the molecule is C=C(C)C(=O)NCc1cc(C)cc(=O)n1C. The summed E-state index contributed by atoms with van der Waals surface area (Å²) >= 11 is 0. The third kappa shape index (κ3) is 2.82. The zero-order chi connectivity index (χ0) is 12.3. The van der Waals surface area contributed by atoms with Gasteiger partial charge in [-0.1, -0.05) is 6.58 Å². The van der Waals surface area contributed by atoms with Gasteiger partial charge in [-0.25, -0.2) is 0 Å². The first-order valence-corrected chi connectivity index (χ1v) is 5.02. The van der Waals surface area contributed by atoms with Crippen molar-refractivity contribution in [3.05, 3.63) is 45.9 Å². The monoisotopic (exact) mass is 220 g/mol. The van der Waals surface area contributed by atoms with Crippen LogP contribution in [0.25, 0.3) is 0 Å². The van der Waals surface area contributed by atoms with Gasteiger partial charge >= 0.3 is 0 Å². The molecule has 86 valence electrons. The molecule has 1 aromatic heterocycles. The number of amides is 1. The molecular formula is C12H16N2O2. The summed E-state index contributed by atoms with van der Waals surface area (Å²) in [5, 5.41) is 2.70. The van der Waals surface area contributed by atoms with E-state index in [-0.39, 0.29) is 11.5 Å². The molecule has 0 radical (unpaired) electrons. The summed E-state index contributed by atoms with van der Waals surface area (Å²) in [5.74, 6) is -0.200. The van der Waals surface area contributed by atoms with Gasteiger partial charge in [0.05, 0.1) is 6.54 Å². The first-order chi connectivity index (χ1) is 7.41. The summed E-state index contributed by atoms with van der Waals surface area (Å²) in [7, 11) is 1.68. The molecule has 4 heteroatoms. The van der Waals surface area contributed by atoms with Crippen LogP contribution in [0, 0.1) is 6.92 Å². The predicted molar refractivity (Wildman–Crippen MR) is 63.1 cm³/mol. The molecule has 0 atom stereocenters. The van der Waals surface area contributed by atoms with Crippen LogP contribution in [-0.2, 0) is 18.4 Å². The first-order valence-electron chi connectivity index (χ1n) is 5.02. The van der Waals surface area contributed by atoms with Gasteiger partial charge in [-0.2, -0.15) is 0 Å². The van der Waals surface area contributed by atoms with Crippen molar-refractivity contribution in [3.8, 4) is 0 Å². The molecule has 4 nitrogen and oxygen atoms in total. The van der Waals surface area contributed by atoms with Crippen molar-refractivity contribution in [2.75, 3.05) is 0 Å². The number of nitrogens with one attached hydrogen (secondary N) is 1. The van der Waals surface area contributed by atoms with Crippen LogP contribution in [0.4, 0.5) is 0 Å². The lowest BCUT2D eigenvalue weighted by Gasteiger charge is -2.10. The van der Waals surface area contributed by atoms with Crippen LogP contribution in [0.15, 0.2) is 29.1 Å². The molecule has 1 N–H and O–H groups in total. The van der Waals surface area contributed by atoms with Crippen LogP contribution in [0.3, 0.4) is 0 Å².